The van der Waals surface area contributed by atoms with E-state index in [1.807, 2.05) is 42.6 Å². The van der Waals surface area contributed by atoms with Gasteiger partial charge in [-0.15, -0.1) is 11.3 Å². The third-order valence-electron chi connectivity index (χ3n) is 3.13. The number of methoxy groups -OCH3 is 1. The number of benzene rings is 1. The molecule has 0 atom stereocenters. The van der Waals surface area contributed by atoms with Crippen LogP contribution in [0.5, 0.6) is 5.75 Å². The minimum atomic E-state index is 0.439. The second-order valence-corrected chi connectivity index (χ2v) is 5.54. The maximum absolute atomic E-state index is 5.75. The third kappa shape index (κ3) is 2.79. The Morgan fingerprint density at radius 2 is 1.95 bits per heavy atom. The first-order valence-electron chi connectivity index (χ1n) is 6.56. The van der Waals surface area contributed by atoms with Gasteiger partial charge in [0.25, 0.3) is 0 Å². The molecule has 0 aliphatic rings. The first kappa shape index (κ1) is 13.7. The van der Waals surface area contributed by atoms with E-state index in [1.165, 1.54) is 0 Å². The molecule has 0 saturated carbocycles. The van der Waals surface area contributed by atoms with E-state index in [-0.39, 0.29) is 0 Å². The van der Waals surface area contributed by atoms with Crippen molar-refractivity contribution in [2.75, 3.05) is 7.11 Å². The molecule has 3 rings (SSSR count). The Bertz CT molecular complexity index is 723. The quantitative estimate of drug-likeness (QED) is 0.802. The van der Waals surface area contributed by atoms with Crippen molar-refractivity contribution in [1.82, 2.24) is 9.97 Å². The normalized spacial score (nSPS) is 10.6. The highest BCUT2D eigenvalue weighted by atomic mass is 32.1. The van der Waals surface area contributed by atoms with Gasteiger partial charge in [0.05, 0.1) is 17.7 Å². The van der Waals surface area contributed by atoms with Crippen LogP contribution in [-0.4, -0.2) is 17.1 Å². The summed E-state index contributed by atoms with van der Waals surface area (Å²) in [6, 6.07) is 11.8. The van der Waals surface area contributed by atoms with Gasteiger partial charge in [-0.25, -0.2) is 4.98 Å². The summed E-state index contributed by atoms with van der Waals surface area (Å²) in [6.07, 6.45) is 3.61. The molecule has 2 heterocycles. The van der Waals surface area contributed by atoms with Crippen molar-refractivity contribution in [2.24, 2.45) is 5.73 Å². The van der Waals surface area contributed by atoms with E-state index in [9.17, 15) is 0 Å². The smallest absolute Gasteiger partial charge is 0.118 e. The SMILES string of the molecule is COc1ccc(-c2nc(CN)sc2-c2cccnc2)cc1. The maximum Gasteiger partial charge on any atom is 0.118 e. The summed E-state index contributed by atoms with van der Waals surface area (Å²) in [4.78, 5) is 9.93. The standard InChI is InChI=1S/C16H15N3OS/c1-20-13-6-4-11(5-7-13)15-16(21-14(9-17)19-15)12-3-2-8-18-10-12/h2-8,10H,9,17H2,1H3. The Morgan fingerprint density at radius 3 is 2.57 bits per heavy atom. The summed E-state index contributed by atoms with van der Waals surface area (Å²) in [5.74, 6) is 0.830. The fraction of sp³-hybridized carbons (Fsp3) is 0.125. The zero-order valence-corrected chi connectivity index (χ0v) is 12.4. The van der Waals surface area contributed by atoms with Gasteiger partial charge < -0.3 is 10.5 Å². The summed E-state index contributed by atoms with van der Waals surface area (Å²) in [5.41, 5.74) is 8.79. The highest BCUT2D eigenvalue weighted by Crippen LogP contribution is 2.36. The first-order chi connectivity index (χ1) is 10.3. The number of ether oxygens (including phenoxy) is 1. The lowest BCUT2D eigenvalue weighted by molar-refractivity contribution is 0.415. The van der Waals surface area contributed by atoms with E-state index in [4.69, 9.17) is 10.5 Å². The highest BCUT2D eigenvalue weighted by Gasteiger charge is 2.14. The third-order valence-corrected chi connectivity index (χ3v) is 4.26. The molecule has 0 unspecified atom stereocenters. The summed E-state index contributed by atoms with van der Waals surface area (Å²) < 4.78 is 5.20. The molecule has 0 bridgehead atoms. The molecule has 0 saturated heterocycles. The second kappa shape index (κ2) is 6.03. The van der Waals surface area contributed by atoms with Crippen molar-refractivity contribution in [3.8, 4) is 27.4 Å². The van der Waals surface area contributed by atoms with E-state index >= 15 is 0 Å². The summed E-state index contributed by atoms with van der Waals surface area (Å²) in [7, 11) is 1.66. The number of pyridine rings is 1. The largest absolute Gasteiger partial charge is 0.497 e. The molecule has 0 amide bonds. The Balaban J connectivity index is 2.10. The minimum absolute atomic E-state index is 0.439. The van der Waals surface area contributed by atoms with Crippen LogP contribution in [0.3, 0.4) is 0 Å². The number of thiazole rings is 1. The van der Waals surface area contributed by atoms with Gasteiger partial charge in [0.2, 0.25) is 0 Å². The molecule has 3 aromatic rings. The molecule has 0 radical (unpaired) electrons. The second-order valence-electron chi connectivity index (χ2n) is 4.46. The van der Waals surface area contributed by atoms with Gasteiger partial charge in [-0.1, -0.05) is 6.07 Å². The number of aromatic nitrogens is 2. The number of nitrogens with two attached hydrogens (primary N) is 1. The molecule has 0 spiro atoms. The first-order valence-corrected chi connectivity index (χ1v) is 7.38. The summed E-state index contributed by atoms with van der Waals surface area (Å²) in [6.45, 7) is 0.439. The van der Waals surface area contributed by atoms with E-state index in [0.29, 0.717) is 6.54 Å². The minimum Gasteiger partial charge on any atom is -0.497 e. The van der Waals surface area contributed by atoms with Crippen LogP contribution in [-0.2, 0) is 6.54 Å². The average Bonchev–Trinajstić information content (AvgIpc) is 3.00. The van der Waals surface area contributed by atoms with Crippen LogP contribution in [0.25, 0.3) is 21.7 Å². The van der Waals surface area contributed by atoms with Crippen molar-refractivity contribution in [3.05, 3.63) is 53.8 Å². The van der Waals surface area contributed by atoms with Gasteiger partial charge >= 0.3 is 0 Å². The molecule has 5 heteroatoms. The Kier molecular flexibility index (Phi) is 3.94. The van der Waals surface area contributed by atoms with E-state index in [1.54, 1.807) is 24.6 Å². The lowest BCUT2D eigenvalue weighted by Crippen LogP contribution is -1.94. The number of nitrogens with zero attached hydrogens (tertiary/aromatic N) is 2. The molecule has 0 aliphatic carbocycles. The maximum atomic E-state index is 5.75. The van der Waals surface area contributed by atoms with E-state index in [2.05, 4.69) is 9.97 Å². The van der Waals surface area contributed by atoms with Crippen LogP contribution < -0.4 is 10.5 Å². The average molecular weight is 297 g/mol. The van der Waals surface area contributed by atoms with Crippen molar-refractivity contribution < 1.29 is 4.74 Å². The predicted molar refractivity (Wildman–Crippen MR) is 85.2 cm³/mol. The molecule has 0 fully saturated rings. The van der Waals surface area contributed by atoms with Gasteiger partial charge in [-0.3, -0.25) is 4.98 Å². The Morgan fingerprint density at radius 1 is 1.14 bits per heavy atom. The van der Waals surface area contributed by atoms with Crippen molar-refractivity contribution in [3.63, 3.8) is 0 Å². The van der Waals surface area contributed by atoms with Gasteiger partial charge in [0, 0.05) is 30.1 Å². The molecule has 0 aliphatic heterocycles. The predicted octanol–water partition coefficient (Wildman–Crippen LogP) is 3.34. The van der Waals surface area contributed by atoms with Crippen LogP contribution in [0, 0.1) is 0 Å². The molecular formula is C16H15N3OS. The van der Waals surface area contributed by atoms with E-state index < -0.39 is 0 Å². The molecular weight excluding hydrogens is 282 g/mol. The molecule has 2 N–H and O–H groups in total. The zero-order valence-electron chi connectivity index (χ0n) is 11.6. The molecule has 1 aromatic carbocycles. The molecule has 106 valence electrons. The molecule has 21 heavy (non-hydrogen) atoms. The number of hydrogen-bond donors (Lipinski definition) is 1. The van der Waals surface area contributed by atoms with Crippen LogP contribution in [0.4, 0.5) is 0 Å². The van der Waals surface area contributed by atoms with Crippen LogP contribution in [0.1, 0.15) is 5.01 Å². The molecule has 2 aromatic heterocycles. The van der Waals surface area contributed by atoms with Gasteiger partial charge in [0.15, 0.2) is 0 Å². The zero-order chi connectivity index (χ0) is 14.7. The van der Waals surface area contributed by atoms with Gasteiger partial charge in [0.1, 0.15) is 10.8 Å². The lowest BCUT2D eigenvalue weighted by atomic mass is 10.1. The van der Waals surface area contributed by atoms with Crippen molar-refractivity contribution in [2.45, 2.75) is 6.54 Å². The van der Waals surface area contributed by atoms with E-state index in [0.717, 1.165) is 32.5 Å². The number of rotatable bonds is 4. The van der Waals surface area contributed by atoms with Crippen molar-refractivity contribution in [1.29, 1.82) is 0 Å². The monoisotopic (exact) mass is 297 g/mol. The fourth-order valence-corrected chi connectivity index (χ4v) is 3.04. The van der Waals surface area contributed by atoms with Crippen LogP contribution >= 0.6 is 11.3 Å². The Labute approximate surface area is 127 Å². The highest BCUT2D eigenvalue weighted by molar-refractivity contribution is 7.15. The molecule has 4 nitrogen and oxygen atoms in total. The van der Waals surface area contributed by atoms with Gasteiger partial charge in [-0.2, -0.15) is 0 Å². The van der Waals surface area contributed by atoms with Crippen LogP contribution in [0.15, 0.2) is 48.8 Å². The fourth-order valence-electron chi connectivity index (χ4n) is 2.09. The van der Waals surface area contributed by atoms with Gasteiger partial charge in [-0.05, 0) is 30.3 Å². The summed E-state index contributed by atoms with van der Waals surface area (Å²) in [5, 5.41) is 0.916. The van der Waals surface area contributed by atoms with Crippen molar-refractivity contribution >= 4 is 11.3 Å². The Hall–Kier alpha value is -2.24. The lowest BCUT2D eigenvalue weighted by Gasteiger charge is -2.04. The number of hydrogen-bond acceptors (Lipinski definition) is 5. The topological polar surface area (TPSA) is 61.0 Å². The van der Waals surface area contributed by atoms with Crippen LogP contribution in [0.2, 0.25) is 0 Å². The summed E-state index contributed by atoms with van der Waals surface area (Å²) >= 11 is 1.61.